The van der Waals surface area contributed by atoms with Crippen molar-refractivity contribution in [2.24, 2.45) is 0 Å². The third kappa shape index (κ3) is 3.83. The van der Waals surface area contributed by atoms with E-state index >= 15 is 0 Å². The number of nitrogens with zero attached hydrogens (tertiary/aromatic N) is 1. The van der Waals surface area contributed by atoms with Crippen molar-refractivity contribution in [3.05, 3.63) is 30.1 Å². The maximum absolute atomic E-state index is 11.0. The van der Waals surface area contributed by atoms with Crippen molar-refractivity contribution in [1.29, 1.82) is 0 Å². The maximum Gasteiger partial charge on any atom is 0.369 e. The topological polar surface area (TPSA) is 148 Å². The summed E-state index contributed by atoms with van der Waals surface area (Å²) in [5.74, 6) is 0. The lowest BCUT2D eigenvalue weighted by Gasteiger charge is -2.29. The van der Waals surface area contributed by atoms with E-state index in [4.69, 9.17) is 19.6 Å². The Morgan fingerprint density at radius 1 is 1.17 bits per heavy atom. The summed E-state index contributed by atoms with van der Waals surface area (Å²) in [5.41, 5.74) is 0.0988. The highest BCUT2D eigenvalue weighted by molar-refractivity contribution is 7.72. The largest absolute Gasteiger partial charge is 0.369 e. The first-order chi connectivity index (χ1) is 7.58. The fraction of sp³-hybridized carbons (Fsp3) is 0.286. The van der Waals surface area contributed by atoms with Gasteiger partial charge in [-0.15, -0.1) is 0 Å². The normalized spacial score (nSPS) is 12.9. The molecule has 2 radical (unpaired) electrons. The zero-order valence-electron chi connectivity index (χ0n) is 9.12. The smallest absolute Gasteiger partial charge is 0.367 e. The molecule has 0 aliphatic carbocycles. The summed E-state index contributed by atoms with van der Waals surface area (Å²) in [6.07, 6.45) is 1.63. The van der Waals surface area contributed by atoms with Crippen molar-refractivity contribution in [1.82, 2.24) is 4.98 Å². The molecule has 0 aliphatic heterocycles. The van der Waals surface area contributed by atoms with E-state index < -0.39 is 26.7 Å². The van der Waals surface area contributed by atoms with Crippen molar-refractivity contribution in [3.8, 4) is 0 Å². The summed E-state index contributed by atoms with van der Waals surface area (Å²) in [5, 5.41) is 6.16. The first-order valence-electron chi connectivity index (χ1n) is 4.30. The molecule has 8 nitrogen and oxygen atoms in total. The monoisotopic (exact) mass is 307 g/mol. The van der Waals surface area contributed by atoms with E-state index in [0.29, 0.717) is 0 Å². The molecule has 1 rings (SSSR count). The summed E-state index contributed by atoms with van der Waals surface area (Å²) in [7, 11) is -10.8. The van der Waals surface area contributed by atoms with Crippen LogP contribution in [0, 0.1) is 0 Å². The zero-order chi connectivity index (χ0) is 13.3. The van der Waals surface area contributed by atoms with Crippen molar-refractivity contribution in [2.75, 3.05) is 0 Å². The van der Waals surface area contributed by atoms with Crippen molar-refractivity contribution >= 4 is 38.2 Å². The number of hydrogen-bond donors (Lipinski definition) is 5. The van der Waals surface area contributed by atoms with E-state index in [1.807, 2.05) is 0 Å². The second-order valence-corrected chi connectivity index (χ2v) is 7.41. The Hall–Kier alpha value is 0.176. The third-order valence-corrected chi connectivity index (χ3v) is 5.84. The molecule has 18 heavy (non-hydrogen) atoms. The molecule has 11 heteroatoms. The molecule has 0 saturated carbocycles. The van der Waals surface area contributed by atoms with Crippen LogP contribution in [0.4, 0.5) is 0 Å². The molecule has 0 aromatic carbocycles. The molecule has 0 saturated heterocycles. The molecular formula is C7H11MgNO7P2. The van der Waals surface area contributed by atoms with Gasteiger partial charge in [-0.05, 0) is 11.6 Å². The van der Waals surface area contributed by atoms with Crippen LogP contribution in [0.15, 0.2) is 24.5 Å². The highest BCUT2D eigenvalue weighted by atomic mass is 31.2. The first-order valence-corrected chi connectivity index (χ1v) is 7.53. The minimum atomic E-state index is -5.41. The van der Waals surface area contributed by atoms with E-state index in [9.17, 15) is 14.2 Å². The summed E-state index contributed by atoms with van der Waals surface area (Å²) >= 11 is 0. The fourth-order valence-corrected chi connectivity index (χ4v) is 3.29. The molecule has 98 valence electrons. The molecule has 0 atom stereocenters. The summed E-state index contributed by atoms with van der Waals surface area (Å²) in [6, 6.07) is 2.75. The van der Waals surface area contributed by atoms with Gasteiger partial charge in [0.2, 0.25) is 0 Å². The molecule has 1 heterocycles. The summed E-state index contributed by atoms with van der Waals surface area (Å²) in [4.78, 5) is 39.1. The maximum atomic E-state index is 11.0. The van der Waals surface area contributed by atoms with Crippen molar-refractivity contribution < 1.29 is 33.8 Å². The highest BCUT2D eigenvalue weighted by Crippen LogP contribution is 2.68. The van der Waals surface area contributed by atoms with Gasteiger partial charge in [-0.25, -0.2) is 0 Å². The van der Waals surface area contributed by atoms with Crippen LogP contribution in [0.3, 0.4) is 0 Å². The SMILES string of the molecule is O=P(O)(O)C(O)(Cc1cccnc1)P(=O)(O)O.[Mg]. The average Bonchev–Trinajstić information content (AvgIpc) is 2.15. The standard InChI is InChI=1S/C7H11NO7P2.Mg/c9-7(16(10,11)12,17(13,14)15)4-6-2-1-3-8-5-6;/h1-3,5,9H,4H2,(H2,10,11,12)(H2,13,14,15);. The lowest BCUT2D eigenvalue weighted by Crippen LogP contribution is -2.31. The molecule has 5 N–H and O–H groups in total. The van der Waals surface area contributed by atoms with Crippen LogP contribution in [0.25, 0.3) is 0 Å². The Labute approximate surface area is 119 Å². The van der Waals surface area contributed by atoms with Gasteiger partial charge in [-0.1, -0.05) is 6.07 Å². The van der Waals surface area contributed by atoms with Crippen molar-refractivity contribution in [2.45, 2.75) is 11.5 Å². The summed E-state index contributed by atoms with van der Waals surface area (Å²) in [6.45, 7) is 0. The van der Waals surface area contributed by atoms with E-state index in [-0.39, 0.29) is 28.6 Å². The number of rotatable bonds is 4. The van der Waals surface area contributed by atoms with E-state index in [0.717, 1.165) is 6.20 Å². The zero-order valence-corrected chi connectivity index (χ0v) is 12.3. The Morgan fingerprint density at radius 2 is 1.67 bits per heavy atom. The molecule has 0 bridgehead atoms. The fourth-order valence-electron chi connectivity index (χ4n) is 1.15. The predicted octanol–water partition coefficient (Wildman–Crippen LogP) is -0.755. The lowest BCUT2D eigenvalue weighted by atomic mass is 10.2. The van der Waals surface area contributed by atoms with Gasteiger partial charge in [0, 0.05) is 41.9 Å². The predicted molar refractivity (Wildman–Crippen MR) is 62.7 cm³/mol. The lowest BCUT2D eigenvalue weighted by molar-refractivity contribution is 0.131. The van der Waals surface area contributed by atoms with Gasteiger partial charge in [0.05, 0.1) is 0 Å². The average molecular weight is 307 g/mol. The number of aliphatic hydroxyl groups is 1. The van der Waals surface area contributed by atoms with Crippen molar-refractivity contribution in [3.63, 3.8) is 0 Å². The molecule has 0 spiro atoms. The van der Waals surface area contributed by atoms with E-state index in [1.54, 1.807) is 0 Å². The summed E-state index contributed by atoms with van der Waals surface area (Å²) < 4.78 is 22.1. The van der Waals surface area contributed by atoms with Gasteiger partial charge < -0.3 is 24.7 Å². The van der Waals surface area contributed by atoms with Gasteiger partial charge in [-0.3, -0.25) is 14.1 Å². The third-order valence-electron chi connectivity index (χ3n) is 2.10. The minimum absolute atomic E-state index is 0. The van der Waals surface area contributed by atoms with Crippen LogP contribution in [0.5, 0.6) is 0 Å². The van der Waals surface area contributed by atoms with Crippen LogP contribution in [0.2, 0.25) is 0 Å². The van der Waals surface area contributed by atoms with Crippen LogP contribution in [-0.2, 0) is 15.6 Å². The van der Waals surface area contributed by atoms with Gasteiger partial charge >= 0.3 is 15.2 Å². The number of hydrogen-bond acceptors (Lipinski definition) is 4. The Morgan fingerprint density at radius 3 is 2.00 bits per heavy atom. The van der Waals surface area contributed by atoms with Gasteiger partial charge in [-0.2, -0.15) is 0 Å². The number of aromatic nitrogens is 1. The quantitative estimate of drug-likeness (QED) is 0.360. The number of pyridine rings is 1. The highest BCUT2D eigenvalue weighted by Gasteiger charge is 2.59. The van der Waals surface area contributed by atoms with Crippen LogP contribution < -0.4 is 0 Å². The second-order valence-electron chi connectivity index (χ2n) is 3.40. The van der Waals surface area contributed by atoms with Gasteiger partial charge in [0.25, 0.3) is 5.08 Å². The molecular weight excluding hydrogens is 296 g/mol. The van der Waals surface area contributed by atoms with Crippen LogP contribution >= 0.6 is 15.2 Å². The molecule has 0 unspecified atom stereocenters. The molecule has 0 aliphatic rings. The van der Waals surface area contributed by atoms with E-state index in [1.165, 1.54) is 18.3 Å². The minimum Gasteiger partial charge on any atom is -0.367 e. The van der Waals surface area contributed by atoms with Gasteiger partial charge in [0.1, 0.15) is 0 Å². The molecule has 0 fully saturated rings. The Bertz CT molecular complexity index is 462. The Balaban J connectivity index is 0.00000289. The first kappa shape index (κ1) is 18.2. The molecule has 1 aromatic rings. The Kier molecular flexibility index (Phi) is 6.15. The molecule has 0 amide bonds. The van der Waals surface area contributed by atoms with Gasteiger partial charge in [0.15, 0.2) is 0 Å². The van der Waals surface area contributed by atoms with Crippen LogP contribution in [-0.4, -0.2) is 57.8 Å². The molecule has 1 aromatic heterocycles. The van der Waals surface area contributed by atoms with E-state index in [2.05, 4.69) is 4.98 Å². The second kappa shape index (κ2) is 6.09. The van der Waals surface area contributed by atoms with Crippen LogP contribution in [0.1, 0.15) is 5.56 Å².